The summed E-state index contributed by atoms with van der Waals surface area (Å²) in [7, 11) is -3.80. The van der Waals surface area contributed by atoms with Gasteiger partial charge in [-0.05, 0) is 103 Å². The van der Waals surface area contributed by atoms with Crippen LogP contribution in [0.5, 0.6) is 0 Å². The number of carbonyl (C=O) groups excluding carboxylic acids is 2. The van der Waals surface area contributed by atoms with E-state index in [1.165, 1.54) is 49.0 Å². The summed E-state index contributed by atoms with van der Waals surface area (Å²) in [6, 6.07) is 14.3. The van der Waals surface area contributed by atoms with Crippen molar-refractivity contribution >= 4 is 39.1 Å². The van der Waals surface area contributed by atoms with Crippen molar-refractivity contribution in [3.05, 3.63) is 64.7 Å². The van der Waals surface area contributed by atoms with Crippen molar-refractivity contribution in [3.63, 3.8) is 0 Å². The lowest BCUT2D eigenvalue weighted by molar-refractivity contribution is -0.140. The van der Waals surface area contributed by atoms with Crippen molar-refractivity contribution in [3.8, 4) is 0 Å². The van der Waals surface area contributed by atoms with Crippen LogP contribution in [0.25, 0.3) is 0 Å². The van der Waals surface area contributed by atoms with Gasteiger partial charge in [0.2, 0.25) is 21.8 Å². The van der Waals surface area contributed by atoms with Gasteiger partial charge in [0.15, 0.2) is 0 Å². The zero-order valence-corrected chi connectivity index (χ0v) is 27.5. The number of carbonyl (C=O) groups is 2. The average molecular weight is 628 g/mol. The van der Waals surface area contributed by atoms with Crippen LogP contribution in [0.3, 0.4) is 0 Å². The second-order valence-corrected chi connectivity index (χ2v) is 16.0. The van der Waals surface area contributed by atoms with E-state index in [1.807, 2.05) is 51.1 Å². The van der Waals surface area contributed by atoms with Gasteiger partial charge in [-0.1, -0.05) is 62.7 Å². The SMILES string of the molecule is CC[C@@H](C(=O)NCC(C)C)N(Cc1ccccc1Cl)C(=O)CN(c1ccc(C23CC4CC(CC(C4)C2)C3)cc1)S(C)(=O)=O. The molecule has 4 saturated carbocycles. The maximum Gasteiger partial charge on any atom is 0.244 e. The van der Waals surface area contributed by atoms with E-state index in [1.54, 1.807) is 6.07 Å². The van der Waals surface area contributed by atoms with Crippen molar-refractivity contribution in [1.82, 2.24) is 10.2 Å². The normalized spacial score (nSPS) is 25.0. The third kappa shape index (κ3) is 7.06. The number of halogens is 1. The molecular weight excluding hydrogens is 582 g/mol. The van der Waals surface area contributed by atoms with E-state index in [-0.39, 0.29) is 23.8 Å². The first-order chi connectivity index (χ1) is 20.4. The minimum absolute atomic E-state index is 0.0919. The minimum atomic E-state index is -3.80. The summed E-state index contributed by atoms with van der Waals surface area (Å²) in [6.07, 6.45) is 9.25. The summed E-state index contributed by atoms with van der Waals surface area (Å²) in [6.45, 7) is 6.03. The quantitative estimate of drug-likeness (QED) is 0.306. The summed E-state index contributed by atoms with van der Waals surface area (Å²) in [4.78, 5) is 28.8. The van der Waals surface area contributed by atoms with E-state index in [0.717, 1.165) is 28.3 Å². The van der Waals surface area contributed by atoms with E-state index < -0.39 is 28.5 Å². The highest BCUT2D eigenvalue weighted by atomic mass is 35.5. The fraction of sp³-hybridized carbons (Fsp3) is 0.588. The van der Waals surface area contributed by atoms with E-state index in [9.17, 15) is 18.0 Å². The second-order valence-electron chi connectivity index (χ2n) is 13.7. The van der Waals surface area contributed by atoms with Crippen LogP contribution in [0.4, 0.5) is 5.69 Å². The summed E-state index contributed by atoms with van der Waals surface area (Å²) < 4.78 is 27.4. The van der Waals surface area contributed by atoms with Crippen LogP contribution in [0.15, 0.2) is 48.5 Å². The predicted octanol–water partition coefficient (Wildman–Crippen LogP) is 6.15. The van der Waals surface area contributed by atoms with Gasteiger partial charge in [-0.3, -0.25) is 13.9 Å². The number of amides is 2. The Kier molecular flexibility index (Phi) is 9.48. The van der Waals surface area contributed by atoms with Gasteiger partial charge >= 0.3 is 0 Å². The van der Waals surface area contributed by atoms with Crippen molar-refractivity contribution in [2.45, 2.75) is 83.7 Å². The van der Waals surface area contributed by atoms with E-state index >= 15 is 0 Å². The van der Waals surface area contributed by atoms with Gasteiger partial charge < -0.3 is 10.2 Å². The largest absolute Gasteiger partial charge is 0.354 e. The lowest BCUT2D eigenvalue weighted by Gasteiger charge is -2.57. The van der Waals surface area contributed by atoms with Gasteiger partial charge in [-0.25, -0.2) is 8.42 Å². The van der Waals surface area contributed by atoms with Crippen molar-refractivity contribution < 1.29 is 18.0 Å². The van der Waals surface area contributed by atoms with E-state index in [0.29, 0.717) is 29.2 Å². The number of nitrogens with zero attached hydrogens (tertiary/aromatic N) is 2. The molecular formula is C34H46ClN3O4S. The van der Waals surface area contributed by atoms with Gasteiger partial charge in [0.05, 0.1) is 11.9 Å². The number of rotatable bonds is 12. The van der Waals surface area contributed by atoms with Crippen LogP contribution in [0, 0.1) is 23.7 Å². The summed E-state index contributed by atoms with van der Waals surface area (Å²) in [5.41, 5.74) is 2.64. The Morgan fingerprint density at radius 3 is 2.07 bits per heavy atom. The molecule has 0 radical (unpaired) electrons. The highest BCUT2D eigenvalue weighted by Crippen LogP contribution is 2.60. The molecule has 0 saturated heterocycles. The highest BCUT2D eigenvalue weighted by Gasteiger charge is 2.51. The number of benzene rings is 2. The Balaban J connectivity index is 1.40. The lowest BCUT2D eigenvalue weighted by atomic mass is 9.48. The number of hydrogen-bond acceptors (Lipinski definition) is 4. The zero-order chi connectivity index (χ0) is 30.9. The first-order valence-corrected chi connectivity index (χ1v) is 18.0. The molecule has 2 amide bonds. The smallest absolute Gasteiger partial charge is 0.244 e. The van der Waals surface area contributed by atoms with Gasteiger partial charge in [-0.2, -0.15) is 0 Å². The maximum absolute atomic E-state index is 14.0. The molecule has 43 heavy (non-hydrogen) atoms. The topological polar surface area (TPSA) is 86.8 Å². The molecule has 0 unspecified atom stereocenters. The summed E-state index contributed by atoms with van der Waals surface area (Å²) in [5.74, 6) is 1.96. The number of nitrogens with one attached hydrogen (secondary N) is 1. The number of sulfonamides is 1. The molecule has 4 aliphatic rings. The standard InChI is InChI=1S/C34H46ClN3O4S/c1-5-31(33(40)36-20-23(2)3)37(21-27-8-6-7-9-30(27)35)32(39)22-38(43(4,41)42)29-12-10-28(11-13-29)34-17-24-14-25(18-34)16-26(15-24)19-34/h6-13,23-26,31H,5,14-22H2,1-4H3,(H,36,40)/t24?,25?,26?,31-,34?/m0/s1. The van der Waals surface area contributed by atoms with Crippen LogP contribution in [0.1, 0.15) is 76.8 Å². The predicted molar refractivity (Wildman–Crippen MR) is 172 cm³/mol. The molecule has 1 atom stereocenters. The van der Waals surface area contributed by atoms with Crippen molar-refractivity contribution in [2.24, 2.45) is 23.7 Å². The molecule has 234 valence electrons. The molecule has 0 heterocycles. The highest BCUT2D eigenvalue weighted by molar-refractivity contribution is 7.92. The minimum Gasteiger partial charge on any atom is -0.354 e. The van der Waals surface area contributed by atoms with Crippen LogP contribution >= 0.6 is 11.6 Å². The molecule has 2 aromatic rings. The monoisotopic (exact) mass is 627 g/mol. The average Bonchev–Trinajstić information content (AvgIpc) is 2.94. The molecule has 6 rings (SSSR count). The first-order valence-electron chi connectivity index (χ1n) is 15.8. The molecule has 0 spiro atoms. The summed E-state index contributed by atoms with van der Waals surface area (Å²) in [5, 5.41) is 3.43. The zero-order valence-electron chi connectivity index (χ0n) is 25.9. The van der Waals surface area contributed by atoms with E-state index in [2.05, 4.69) is 17.4 Å². The molecule has 4 bridgehead atoms. The van der Waals surface area contributed by atoms with Crippen molar-refractivity contribution in [1.29, 1.82) is 0 Å². The van der Waals surface area contributed by atoms with Crippen LogP contribution in [-0.4, -0.2) is 50.5 Å². The van der Waals surface area contributed by atoms with Crippen LogP contribution in [0.2, 0.25) is 5.02 Å². The van der Waals surface area contributed by atoms with Gasteiger partial charge in [-0.15, -0.1) is 0 Å². The second kappa shape index (κ2) is 12.8. The maximum atomic E-state index is 14.0. The van der Waals surface area contributed by atoms with E-state index in [4.69, 9.17) is 11.6 Å². The van der Waals surface area contributed by atoms with Gasteiger partial charge in [0.1, 0.15) is 12.6 Å². The van der Waals surface area contributed by atoms with Crippen LogP contribution in [-0.2, 0) is 31.6 Å². The molecule has 4 fully saturated rings. The Hall–Kier alpha value is -2.58. The van der Waals surface area contributed by atoms with Gasteiger partial charge in [0.25, 0.3) is 0 Å². The van der Waals surface area contributed by atoms with Crippen molar-refractivity contribution in [2.75, 3.05) is 23.7 Å². The Morgan fingerprint density at radius 2 is 1.56 bits per heavy atom. The molecule has 0 aromatic heterocycles. The Bertz CT molecular complexity index is 1390. The molecule has 0 aliphatic heterocycles. The number of anilines is 1. The van der Waals surface area contributed by atoms with Crippen LogP contribution < -0.4 is 9.62 Å². The first kappa shape index (κ1) is 31.8. The third-order valence-corrected chi connectivity index (χ3v) is 11.4. The lowest BCUT2D eigenvalue weighted by Crippen LogP contribution is -2.52. The molecule has 4 aliphatic carbocycles. The molecule has 7 nitrogen and oxygen atoms in total. The molecule has 1 N–H and O–H groups in total. The Labute approximate surface area is 262 Å². The fourth-order valence-corrected chi connectivity index (χ4v) is 9.26. The Morgan fingerprint density at radius 1 is 0.977 bits per heavy atom. The number of hydrogen-bond donors (Lipinski definition) is 1. The fourth-order valence-electron chi connectivity index (χ4n) is 8.21. The molecule has 2 aromatic carbocycles. The summed E-state index contributed by atoms with van der Waals surface area (Å²) >= 11 is 6.46. The third-order valence-electron chi connectivity index (χ3n) is 9.85. The molecule has 9 heteroatoms. The van der Waals surface area contributed by atoms with Gasteiger partial charge in [0, 0.05) is 18.1 Å².